The number of nitrogens with zero attached hydrogens (tertiary/aromatic N) is 2. The Morgan fingerprint density at radius 3 is 2.60 bits per heavy atom. The number of hydrogen-bond acceptors (Lipinski definition) is 3. The highest BCUT2D eigenvalue weighted by molar-refractivity contribution is 9.10. The van der Waals surface area contributed by atoms with Gasteiger partial charge in [0.25, 0.3) is 5.91 Å². The standard InChI is InChI=1S/C15H24BrN3O/c1-7-17-13-12(8-11(16)9-18-13)14(20)19(6)10(2)15(3,4)5/h8-10H,7H2,1-6H3,(H,17,18). The fourth-order valence-electron chi connectivity index (χ4n) is 1.86. The van der Waals surface area contributed by atoms with Crippen molar-refractivity contribution in [1.29, 1.82) is 0 Å². The van der Waals surface area contributed by atoms with E-state index in [1.807, 2.05) is 20.0 Å². The largest absolute Gasteiger partial charge is 0.370 e. The molecule has 5 heteroatoms. The molecule has 0 aliphatic heterocycles. The predicted octanol–water partition coefficient (Wildman–Crippen LogP) is 3.78. The third-order valence-corrected chi connectivity index (χ3v) is 4.02. The molecule has 1 heterocycles. The molecule has 1 amide bonds. The van der Waals surface area contributed by atoms with Crippen molar-refractivity contribution in [3.8, 4) is 0 Å². The van der Waals surface area contributed by atoms with Crippen LogP contribution in [-0.2, 0) is 0 Å². The van der Waals surface area contributed by atoms with Gasteiger partial charge in [0.1, 0.15) is 5.82 Å². The Morgan fingerprint density at radius 1 is 1.50 bits per heavy atom. The third kappa shape index (κ3) is 3.95. The molecular weight excluding hydrogens is 318 g/mol. The molecule has 0 saturated carbocycles. The molecule has 0 fully saturated rings. The molecule has 4 nitrogen and oxygen atoms in total. The minimum Gasteiger partial charge on any atom is -0.370 e. The topological polar surface area (TPSA) is 45.2 Å². The molecule has 1 N–H and O–H groups in total. The lowest BCUT2D eigenvalue weighted by molar-refractivity contribution is 0.0630. The molecule has 1 aromatic heterocycles. The van der Waals surface area contributed by atoms with Crippen LogP contribution in [0.3, 0.4) is 0 Å². The van der Waals surface area contributed by atoms with E-state index in [4.69, 9.17) is 0 Å². The van der Waals surface area contributed by atoms with Crippen LogP contribution in [-0.4, -0.2) is 35.4 Å². The Morgan fingerprint density at radius 2 is 2.10 bits per heavy atom. The van der Waals surface area contributed by atoms with Crippen molar-refractivity contribution < 1.29 is 4.79 Å². The van der Waals surface area contributed by atoms with E-state index < -0.39 is 0 Å². The quantitative estimate of drug-likeness (QED) is 0.906. The Labute approximate surface area is 130 Å². The average Bonchev–Trinajstić information content (AvgIpc) is 2.37. The van der Waals surface area contributed by atoms with Crippen molar-refractivity contribution in [2.24, 2.45) is 5.41 Å². The maximum absolute atomic E-state index is 12.7. The van der Waals surface area contributed by atoms with Crippen LogP contribution in [0, 0.1) is 5.41 Å². The maximum Gasteiger partial charge on any atom is 0.257 e. The van der Waals surface area contributed by atoms with Crippen LogP contribution < -0.4 is 5.32 Å². The molecule has 1 rings (SSSR count). The first-order valence-electron chi connectivity index (χ1n) is 6.85. The Hall–Kier alpha value is -1.10. The first kappa shape index (κ1) is 17.0. The molecule has 0 bridgehead atoms. The minimum absolute atomic E-state index is 0.0165. The Balaban J connectivity index is 3.10. The van der Waals surface area contributed by atoms with Gasteiger partial charge >= 0.3 is 0 Å². The van der Waals surface area contributed by atoms with Crippen molar-refractivity contribution in [1.82, 2.24) is 9.88 Å². The SMILES string of the molecule is CCNc1ncc(Br)cc1C(=O)N(C)C(C)C(C)(C)C. The highest BCUT2D eigenvalue weighted by atomic mass is 79.9. The summed E-state index contributed by atoms with van der Waals surface area (Å²) in [6.45, 7) is 11.2. The van der Waals surface area contributed by atoms with Gasteiger partial charge in [-0.15, -0.1) is 0 Å². The second-order valence-corrected chi connectivity index (χ2v) is 6.95. The van der Waals surface area contributed by atoms with Gasteiger partial charge in [-0.1, -0.05) is 20.8 Å². The summed E-state index contributed by atoms with van der Waals surface area (Å²) in [5, 5.41) is 3.14. The second-order valence-electron chi connectivity index (χ2n) is 6.04. The van der Waals surface area contributed by atoms with E-state index in [2.05, 4.69) is 53.9 Å². The molecule has 0 saturated heterocycles. The van der Waals surface area contributed by atoms with Gasteiger partial charge in [0, 0.05) is 30.3 Å². The number of hydrogen-bond donors (Lipinski definition) is 1. The Kier molecular flexibility index (Phi) is 5.57. The summed E-state index contributed by atoms with van der Waals surface area (Å²) in [6.07, 6.45) is 1.70. The minimum atomic E-state index is -0.0165. The van der Waals surface area contributed by atoms with Crippen LogP contribution in [0.15, 0.2) is 16.7 Å². The van der Waals surface area contributed by atoms with E-state index in [1.165, 1.54) is 0 Å². The van der Waals surface area contributed by atoms with Crippen LogP contribution >= 0.6 is 15.9 Å². The van der Waals surface area contributed by atoms with Crippen LogP contribution in [0.4, 0.5) is 5.82 Å². The van der Waals surface area contributed by atoms with Crippen molar-refractivity contribution in [2.45, 2.75) is 40.7 Å². The number of anilines is 1. The highest BCUT2D eigenvalue weighted by Gasteiger charge is 2.28. The van der Waals surface area contributed by atoms with Gasteiger partial charge in [-0.25, -0.2) is 4.98 Å². The zero-order chi connectivity index (χ0) is 15.5. The van der Waals surface area contributed by atoms with Gasteiger partial charge in [-0.05, 0) is 41.3 Å². The number of aromatic nitrogens is 1. The van der Waals surface area contributed by atoms with Gasteiger partial charge in [0.2, 0.25) is 0 Å². The van der Waals surface area contributed by atoms with Crippen LogP contribution in [0.2, 0.25) is 0 Å². The molecule has 20 heavy (non-hydrogen) atoms. The molecule has 1 atom stereocenters. The van der Waals surface area contributed by atoms with E-state index in [0.29, 0.717) is 11.4 Å². The molecule has 0 spiro atoms. The lowest BCUT2D eigenvalue weighted by Gasteiger charge is -2.35. The van der Waals surface area contributed by atoms with Crippen LogP contribution in [0.1, 0.15) is 45.0 Å². The first-order chi connectivity index (χ1) is 9.18. The third-order valence-electron chi connectivity index (χ3n) is 3.58. The number of rotatable bonds is 4. The first-order valence-corrected chi connectivity index (χ1v) is 7.64. The highest BCUT2D eigenvalue weighted by Crippen LogP contribution is 2.26. The van der Waals surface area contributed by atoms with Gasteiger partial charge in [-0.2, -0.15) is 0 Å². The zero-order valence-corrected chi connectivity index (χ0v) is 14.7. The number of halogens is 1. The summed E-state index contributed by atoms with van der Waals surface area (Å²) in [5.41, 5.74) is 0.627. The monoisotopic (exact) mass is 341 g/mol. The van der Waals surface area contributed by atoms with E-state index in [9.17, 15) is 4.79 Å². The molecular formula is C15H24BrN3O. The normalized spacial score (nSPS) is 12.9. The van der Waals surface area contributed by atoms with Crippen molar-refractivity contribution in [2.75, 3.05) is 18.9 Å². The number of carbonyl (C=O) groups is 1. The summed E-state index contributed by atoms with van der Waals surface area (Å²) < 4.78 is 0.805. The summed E-state index contributed by atoms with van der Waals surface area (Å²) in [5.74, 6) is 0.617. The smallest absolute Gasteiger partial charge is 0.257 e. The molecule has 0 radical (unpaired) electrons. The molecule has 1 unspecified atom stereocenters. The van der Waals surface area contributed by atoms with Crippen molar-refractivity contribution >= 4 is 27.7 Å². The summed E-state index contributed by atoms with van der Waals surface area (Å²) in [4.78, 5) is 18.8. The van der Waals surface area contributed by atoms with Gasteiger partial charge in [-0.3, -0.25) is 4.79 Å². The number of pyridine rings is 1. The van der Waals surface area contributed by atoms with Crippen molar-refractivity contribution in [3.05, 3.63) is 22.3 Å². The lowest BCUT2D eigenvalue weighted by atomic mass is 9.87. The molecule has 0 aromatic carbocycles. The fourth-order valence-corrected chi connectivity index (χ4v) is 2.19. The predicted molar refractivity (Wildman–Crippen MR) is 87.1 cm³/mol. The van der Waals surface area contributed by atoms with E-state index in [0.717, 1.165) is 11.0 Å². The summed E-state index contributed by atoms with van der Waals surface area (Å²) in [6, 6.07) is 1.95. The fraction of sp³-hybridized carbons (Fsp3) is 0.600. The maximum atomic E-state index is 12.7. The summed E-state index contributed by atoms with van der Waals surface area (Å²) >= 11 is 3.38. The van der Waals surface area contributed by atoms with Crippen molar-refractivity contribution in [3.63, 3.8) is 0 Å². The molecule has 1 aromatic rings. The van der Waals surface area contributed by atoms with Gasteiger partial charge in [0.05, 0.1) is 5.56 Å². The average molecular weight is 342 g/mol. The molecule has 0 aliphatic rings. The number of nitrogens with one attached hydrogen (secondary N) is 1. The number of amides is 1. The number of carbonyl (C=O) groups excluding carboxylic acids is 1. The van der Waals surface area contributed by atoms with E-state index >= 15 is 0 Å². The van der Waals surface area contributed by atoms with E-state index in [-0.39, 0.29) is 17.4 Å². The Bertz CT molecular complexity index is 482. The van der Waals surface area contributed by atoms with E-state index in [1.54, 1.807) is 11.1 Å². The van der Waals surface area contributed by atoms with Crippen LogP contribution in [0.25, 0.3) is 0 Å². The molecule has 112 valence electrons. The second kappa shape index (κ2) is 6.57. The lowest BCUT2D eigenvalue weighted by Crippen LogP contribution is -2.43. The molecule has 0 aliphatic carbocycles. The zero-order valence-electron chi connectivity index (χ0n) is 13.1. The van der Waals surface area contributed by atoms with Gasteiger partial charge < -0.3 is 10.2 Å². The van der Waals surface area contributed by atoms with Crippen LogP contribution in [0.5, 0.6) is 0 Å². The van der Waals surface area contributed by atoms with Gasteiger partial charge in [0.15, 0.2) is 0 Å². The summed E-state index contributed by atoms with van der Waals surface area (Å²) in [7, 11) is 1.84.